The molecule has 15 heavy (non-hydrogen) atoms. The number of halogens is 1. The molecule has 1 saturated heterocycles. The molecule has 90 valence electrons. The predicted octanol–water partition coefficient (Wildman–Crippen LogP) is 1.21. The summed E-state index contributed by atoms with van der Waals surface area (Å²) in [5.74, 6) is 0. The van der Waals surface area contributed by atoms with Crippen LogP contribution in [0.4, 0.5) is 0 Å². The van der Waals surface area contributed by atoms with Crippen molar-refractivity contribution in [2.75, 3.05) is 25.1 Å². The molecule has 0 aromatic carbocycles. The summed E-state index contributed by atoms with van der Waals surface area (Å²) in [5, 5.41) is 0.613. The van der Waals surface area contributed by atoms with Crippen molar-refractivity contribution in [2.45, 2.75) is 31.6 Å². The standard InChI is InChI=1S/C9H18BrNO3S/c1-9(2,3)15(12,13)11-4-5-14-7-8(11)6-10/h8H,4-7H2,1-3H3. The number of hydrogen-bond acceptors (Lipinski definition) is 3. The number of sulfonamides is 1. The Morgan fingerprint density at radius 2 is 2.07 bits per heavy atom. The SMILES string of the molecule is CC(C)(C)S(=O)(=O)N1CCOCC1CBr. The van der Waals surface area contributed by atoms with E-state index in [1.54, 1.807) is 25.1 Å². The van der Waals surface area contributed by atoms with Crippen LogP contribution in [0.2, 0.25) is 0 Å². The van der Waals surface area contributed by atoms with Crippen LogP contribution in [0.15, 0.2) is 0 Å². The Morgan fingerprint density at radius 1 is 1.47 bits per heavy atom. The van der Waals surface area contributed by atoms with E-state index in [1.807, 2.05) is 0 Å². The Bertz CT molecular complexity index is 310. The molecule has 0 amide bonds. The molecule has 0 radical (unpaired) electrons. The highest BCUT2D eigenvalue weighted by atomic mass is 79.9. The van der Waals surface area contributed by atoms with Gasteiger partial charge < -0.3 is 4.74 Å². The highest BCUT2D eigenvalue weighted by Crippen LogP contribution is 2.24. The highest BCUT2D eigenvalue weighted by molar-refractivity contribution is 9.09. The number of morpholine rings is 1. The number of hydrogen-bond donors (Lipinski definition) is 0. The molecule has 0 N–H and O–H groups in total. The van der Waals surface area contributed by atoms with E-state index >= 15 is 0 Å². The third kappa shape index (κ3) is 2.72. The van der Waals surface area contributed by atoms with Crippen LogP contribution in [0.25, 0.3) is 0 Å². The molecule has 0 bridgehead atoms. The van der Waals surface area contributed by atoms with Gasteiger partial charge in [-0.15, -0.1) is 0 Å². The van der Waals surface area contributed by atoms with E-state index in [1.165, 1.54) is 0 Å². The molecule has 4 nitrogen and oxygen atoms in total. The molecule has 0 aliphatic carbocycles. The summed E-state index contributed by atoms with van der Waals surface area (Å²) in [7, 11) is -3.24. The summed E-state index contributed by atoms with van der Waals surface area (Å²) in [6.07, 6.45) is 0. The fourth-order valence-electron chi connectivity index (χ4n) is 1.43. The van der Waals surface area contributed by atoms with E-state index < -0.39 is 14.8 Å². The second-order valence-corrected chi connectivity index (χ2v) is 7.90. The quantitative estimate of drug-likeness (QED) is 0.720. The van der Waals surface area contributed by atoms with E-state index in [4.69, 9.17) is 4.74 Å². The van der Waals surface area contributed by atoms with Crippen molar-refractivity contribution in [1.82, 2.24) is 4.31 Å². The Morgan fingerprint density at radius 3 is 2.53 bits per heavy atom. The van der Waals surface area contributed by atoms with Gasteiger partial charge >= 0.3 is 0 Å². The van der Waals surface area contributed by atoms with Crippen LogP contribution in [0, 0.1) is 0 Å². The number of ether oxygens (including phenoxy) is 1. The monoisotopic (exact) mass is 299 g/mol. The Balaban J connectivity index is 2.94. The van der Waals surface area contributed by atoms with Crippen molar-refractivity contribution < 1.29 is 13.2 Å². The Kier molecular flexibility index (Phi) is 4.20. The minimum atomic E-state index is -3.24. The number of rotatable bonds is 2. The minimum Gasteiger partial charge on any atom is -0.378 e. The van der Waals surface area contributed by atoms with Gasteiger partial charge in [0.25, 0.3) is 0 Å². The number of nitrogens with zero attached hydrogens (tertiary/aromatic N) is 1. The molecule has 0 aromatic rings. The van der Waals surface area contributed by atoms with Crippen LogP contribution < -0.4 is 0 Å². The van der Waals surface area contributed by atoms with Crippen LogP contribution in [0.5, 0.6) is 0 Å². The molecule has 1 heterocycles. The van der Waals surface area contributed by atoms with Crippen LogP contribution >= 0.6 is 15.9 Å². The van der Waals surface area contributed by atoms with Crippen LogP contribution in [-0.2, 0) is 14.8 Å². The molecular weight excluding hydrogens is 282 g/mol. The maximum Gasteiger partial charge on any atom is 0.219 e. The van der Waals surface area contributed by atoms with Gasteiger partial charge in [-0.2, -0.15) is 4.31 Å². The first kappa shape index (κ1) is 13.4. The van der Waals surface area contributed by atoms with Crippen molar-refractivity contribution in [1.29, 1.82) is 0 Å². The first-order valence-corrected chi connectivity index (χ1v) is 7.52. The topological polar surface area (TPSA) is 46.6 Å². The second-order valence-electron chi connectivity index (χ2n) is 4.61. The Labute approximate surface area is 100 Å². The van der Waals surface area contributed by atoms with Gasteiger partial charge in [-0.25, -0.2) is 8.42 Å². The lowest BCUT2D eigenvalue weighted by molar-refractivity contribution is 0.0404. The average molecular weight is 300 g/mol. The summed E-state index contributed by atoms with van der Waals surface area (Å²) < 4.78 is 30.5. The Hall–Kier alpha value is 0.350. The summed E-state index contributed by atoms with van der Waals surface area (Å²) in [6.45, 7) is 6.59. The third-order valence-corrected chi connectivity index (χ3v) is 5.83. The molecule has 6 heteroatoms. The summed E-state index contributed by atoms with van der Waals surface area (Å²) in [4.78, 5) is 0. The molecule has 1 unspecified atom stereocenters. The minimum absolute atomic E-state index is 0.0806. The lowest BCUT2D eigenvalue weighted by Gasteiger charge is -2.37. The summed E-state index contributed by atoms with van der Waals surface area (Å²) in [5.41, 5.74) is 0. The van der Waals surface area contributed by atoms with Crippen LogP contribution in [-0.4, -0.2) is 48.6 Å². The average Bonchev–Trinajstić information content (AvgIpc) is 2.16. The van der Waals surface area contributed by atoms with Gasteiger partial charge in [0.15, 0.2) is 0 Å². The largest absolute Gasteiger partial charge is 0.378 e. The first-order chi connectivity index (χ1) is 6.80. The normalized spacial score (nSPS) is 25.5. The molecule has 1 fully saturated rings. The maximum atomic E-state index is 12.2. The molecule has 0 spiro atoms. The summed E-state index contributed by atoms with van der Waals surface area (Å²) >= 11 is 3.32. The van der Waals surface area contributed by atoms with Gasteiger partial charge in [0.2, 0.25) is 10.0 Å². The maximum absolute atomic E-state index is 12.2. The molecule has 1 aliphatic rings. The molecule has 1 atom stereocenters. The van der Waals surface area contributed by atoms with Crippen molar-refractivity contribution in [3.8, 4) is 0 Å². The zero-order valence-corrected chi connectivity index (χ0v) is 11.8. The van der Waals surface area contributed by atoms with Gasteiger partial charge in [-0.1, -0.05) is 15.9 Å². The summed E-state index contributed by atoms with van der Waals surface area (Å²) in [6, 6.07) is -0.0806. The lowest BCUT2D eigenvalue weighted by Crippen LogP contribution is -2.54. The van der Waals surface area contributed by atoms with Crippen molar-refractivity contribution >= 4 is 26.0 Å². The van der Waals surface area contributed by atoms with Gasteiger partial charge in [0.1, 0.15) is 0 Å². The zero-order chi connectivity index (χ0) is 11.7. The molecule has 1 rings (SSSR count). The van der Waals surface area contributed by atoms with E-state index in [2.05, 4.69) is 15.9 Å². The number of alkyl halides is 1. The fraction of sp³-hybridized carbons (Fsp3) is 1.00. The van der Waals surface area contributed by atoms with Crippen LogP contribution in [0.3, 0.4) is 0 Å². The van der Waals surface area contributed by atoms with E-state index in [-0.39, 0.29) is 6.04 Å². The molecule has 1 aliphatic heterocycles. The van der Waals surface area contributed by atoms with E-state index in [0.29, 0.717) is 25.1 Å². The smallest absolute Gasteiger partial charge is 0.219 e. The molecule has 0 saturated carbocycles. The molecule has 0 aromatic heterocycles. The van der Waals surface area contributed by atoms with Crippen molar-refractivity contribution in [3.63, 3.8) is 0 Å². The van der Waals surface area contributed by atoms with E-state index in [0.717, 1.165) is 0 Å². The predicted molar refractivity (Wildman–Crippen MR) is 63.8 cm³/mol. The zero-order valence-electron chi connectivity index (χ0n) is 9.36. The van der Waals surface area contributed by atoms with Crippen molar-refractivity contribution in [3.05, 3.63) is 0 Å². The van der Waals surface area contributed by atoms with Gasteiger partial charge in [0.05, 0.1) is 24.0 Å². The third-order valence-electron chi connectivity index (χ3n) is 2.43. The van der Waals surface area contributed by atoms with Crippen molar-refractivity contribution in [2.24, 2.45) is 0 Å². The lowest BCUT2D eigenvalue weighted by atomic mass is 10.3. The van der Waals surface area contributed by atoms with Crippen LogP contribution in [0.1, 0.15) is 20.8 Å². The van der Waals surface area contributed by atoms with Gasteiger partial charge in [-0.05, 0) is 20.8 Å². The fourth-order valence-corrected chi connectivity index (χ4v) is 3.70. The molecular formula is C9H18BrNO3S. The van der Waals surface area contributed by atoms with E-state index in [9.17, 15) is 8.42 Å². The first-order valence-electron chi connectivity index (χ1n) is 4.96. The van der Waals surface area contributed by atoms with Gasteiger partial charge in [0, 0.05) is 11.9 Å². The van der Waals surface area contributed by atoms with Gasteiger partial charge in [-0.3, -0.25) is 0 Å². The second kappa shape index (κ2) is 4.69. The highest BCUT2D eigenvalue weighted by Gasteiger charge is 2.40.